The van der Waals surface area contributed by atoms with Crippen molar-refractivity contribution in [3.8, 4) is 0 Å². The first kappa shape index (κ1) is 21.2. The number of amides is 2. The first-order valence-corrected chi connectivity index (χ1v) is 10.5. The summed E-state index contributed by atoms with van der Waals surface area (Å²) in [6.45, 7) is 3.62. The van der Waals surface area contributed by atoms with Gasteiger partial charge in [-0.1, -0.05) is 0 Å². The Morgan fingerprint density at radius 1 is 1.52 bits per heavy atom. The third-order valence-corrected chi connectivity index (χ3v) is 5.99. The van der Waals surface area contributed by atoms with Gasteiger partial charge < -0.3 is 31.4 Å². The number of aliphatic hydroxyl groups is 1. The number of nitrogens with two attached hydrogens (primary N) is 2. The molecule has 2 fully saturated rings. The molecule has 9 nitrogen and oxygen atoms in total. The van der Waals surface area contributed by atoms with Crippen molar-refractivity contribution in [1.29, 1.82) is 0 Å². The lowest BCUT2D eigenvalue weighted by molar-refractivity contribution is 0.0527. The van der Waals surface area contributed by atoms with Gasteiger partial charge in [0, 0.05) is 18.3 Å². The van der Waals surface area contributed by atoms with Crippen LogP contribution in [0.25, 0.3) is 11.8 Å². The number of rotatable bonds is 5. The van der Waals surface area contributed by atoms with Crippen LogP contribution in [0.1, 0.15) is 50.9 Å². The number of hydrogen-bond donors (Lipinski definition) is 5. The van der Waals surface area contributed by atoms with Gasteiger partial charge in [-0.05, 0) is 51.7 Å². The lowest BCUT2D eigenvalue weighted by Crippen LogP contribution is -2.51. The van der Waals surface area contributed by atoms with Crippen LogP contribution in [-0.2, 0) is 6.54 Å². The molecule has 0 radical (unpaired) electrons. The van der Waals surface area contributed by atoms with Crippen molar-refractivity contribution in [2.75, 3.05) is 17.6 Å². The van der Waals surface area contributed by atoms with Gasteiger partial charge in [-0.15, -0.1) is 0 Å². The van der Waals surface area contributed by atoms with Crippen LogP contribution in [0.5, 0.6) is 0 Å². The molecule has 1 aliphatic carbocycles. The number of urea groups is 1. The Bertz CT molecular complexity index is 1000. The molecule has 31 heavy (non-hydrogen) atoms. The number of halogens is 1. The second kappa shape index (κ2) is 7.60. The summed E-state index contributed by atoms with van der Waals surface area (Å²) in [4.78, 5) is 14.8. The summed E-state index contributed by atoms with van der Waals surface area (Å²) in [5.74, 6) is 0. The molecule has 0 aromatic carbocycles. The fourth-order valence-corrected chi connectivity index (χ4v) is 4.32. The average Bonchev–Trinajstić information content (AvgIpc) is 3.12. The molecule has 1 unspecified atom stereocenters. The van der Waals surface area contributed by atoms with E-state index in [4.69, 9.17) is 11.5 Å². The second-order valence-electron chi connectivity index (χ2n) is 9.21. The van der Waals surface area contributed by atoms with Crippen LogP contribution in [0.15, 0.2) is 18.5 Å². The molecule has 2 aromatic rings. The number of anilines is 2. The molecule has 1 atom stereocenters. The molecule has 2 amide bonds. The van der Waals surface area contributed by atoms with Crippen LogP contribution in [0.3, 0.4) is 0 Å². The lowest BCUT2D eigenvalue weighted by Gasteiger charge is -2.38. The minimum absolute atomic E-state index is 0.124. The van der Waals surface area contributed by atoms with E-state index in [2.05, 4.69) is 15.5 Å². The highest BCUT2D eigenvalue weighted by Gasteiger charge is 2.53. The van der Waals surface area contributed by atoms with Crippen molar-refractivity contribution < 1.29 is 14.3 Å². The monoisotopic (exact) mass is 431 g/mol. The van der Waals surface area contributed by atoms with Crippen LogP contribution in [0.2, 0.25) is 0 Å². The fourth-order valence-electron chi connectivity index (χ4n) is 4.32. The van der Waals surface area contributed by atoms with Crippen molar-refractivity contribution >= 4 is 29.2 Å². The molecular formula is C21H30FN7O2. The molecule has 2 aliphatic rings. The third kappa shape index (κ3) is 4.39. The van der Waals surface area contributed by atoms with Gasteiger partial charge in [0.1, 0.15) is 11.4 Å². The molecule has 4 rings (SSSR count). The van der Waals surface area contributed by atoms with Crippen LogP contribution >= 0.6 is 0 Å². The molecule has 168 valence electrons. The van der Waals surface area contributed by atoms with Crippen molar-refractivity contribution in [3.05, 3.63) is 29.8 Å². The maximum absolute atomic E-state index is 14.2. The summed E-state index contributed by atoms with van der Waals surface area (Å²) >= 11 is 0. The summed E-state index contributed by atoms with van der Waals surface area (Å²) < 4.78 is 15.9. The standard InChI is InChI=1S/C21H30FN7O2/c1-20(2,22)12-28-7-4-14(23)17(28)9-15(24)18-16(11-25-27-18)26-19(31)29-8-3-13(30)10-21(29)5-6-21/h4,7,9,11,13,30H,3,5-6,8,10,12,23-24H2,1-2H3,(H,25,27)(H,26,31)/b15-9-. The number of aromatic nitrogens is 3. The van der Waals surface area contributed by atoms with Gasteiger partial charge in [-0.25, -0.2) is 9.18 Å². The molecule has 7 N–H and O–H groups in total. The Balaban J connectivity index is 1.54. The van der Waals surface area contributed by atoms with E-state index in [1.807, 2.05) is 4.90 Å². The van der Waals surface area contributed by atoms with Crippen LogP contribution in [-0.4, -0.2) is 54.7 Å². The third-order valence-electron chi connectivity index (χ3n) is 5.99. The summed E-state index contributed by atoms with van der Waals surface area (Å²) in [6.07, 6.45) is 7.48. The molecule has 1 saturated carbocycles. The number of H-pyrrole nitrogens is 1. The molecule has 1 spiro atoms. The first-order valence-electron chi connectivity index (χ1n) is 10.5. The second-order valence-corrected chi connectivity index (χ2v) is 9.21. The summed E-state index contributed by atoms with van der Waals surface area (Å²) in [5, 5.41) is 19.7. The van der Waals surface area contributed by atoms with Gasteiger partial charge in [-0.3, -0.25) is 5.10 Å². The van der Waals surface area contributed by atoms with Gasteiger partial charge >= 0.3 is 6.03 Å². The van der Waals surface area contributed by atoms with Crippen LogP contribution in [0, 0.1) is 0 Å². The number of nitrogens with one attached hydrogen (secondary N) is 2. The zero-order valence-electron chi connectivity index (χ0n) is 17.9. The molecular weight excluding hydrogens is 401 g/mol. The van der Waals surface area contributed by atoms with Crippen molar-refractivity contribution in [1.82, 2.24) is 19.7 Å². The van der Waals surface area contributed by atoms with E-state index in [1.54, 1.807) is 22.9 Å². The van der Waals surface area contributed by atoms with E-state index in [1.165, 1.54) is 20.0 Å². The number of carbonyl (C=O) groups excluding carboxylic acids is 1. The number of aliphatic hydroxyl groups excluding tert-OH is 1. The van der Waals surface area contributed by atoms with Crippen molar-refractivity contribution in [2.45, 2.75) is 63.4 Å². The number of carbonyl (C=O) groups is 1. The molecule has 3 heterocycles. The van der Waals surface area contributed by atoms with Gasteiger partial charge in [0.2, 0.25) is 0 Å². The van der Waals surface area contributed by atoms with Crippen molar-refractivity contribution in [3.63, 3.8) is 0 Å². The number of aromatic amines is 1. The molecule has 0 bridgehead atoms. The quantitative estimate of drug-likeness (QED) is 0.495. The minimum atomic E-state index is -1.42. The first-order chi connectivity index (χ1) is 14.6. The summed E-state index contributed by atoms with van der Waals surface area (Å²) in [5.41, 5.74) is 13.0. The Hall–Kier alpha value is -3.01. The zero-order chi connectivity index (χ0) is 22.4. The van der Waals surface area contributed by atoms with E-state index in [9.17, 15) is 14.3 Å². The van der Waals surface area contributed by atoms with Gasteiger partial charge in [0.15, 0.2) is 0 Å². The topological polar surface area (TPSA) is 138 Å². The molecule has 1 saturated heterocycles. The smallest absolute Gasteiger partial charge is 0.322 e. The van der Waals surface area contributed by atoms with Gasteiger partial charge in [0.05, 0.1) is 41.6 Å². The molecule has 2 aromatic heterocycles. The normalized spacial score (nSPS) is 20.8. The minimum Gasteiger partial charge on any atom is -0.397 e. The summed E-state index contributed by atoms with van der Waals surface area (Å²) in [6, 6.07) is 1.46. The van der Waals surface area contributed by atoms with Gasteiger partial charge in [-0.2, -0.15) is 5.10 Å². The number of likely N-dealkylation sites (tertiary alicyclic amines) is 1. The molecule has 1 aliphatic heterocycles. The SMILES string of the molecule is CC(C)(F)Cn1ccc(N)c1/C=C(\N)c1[nH]ncc1NC(=O)N1CCC(O)CC12CC2. The van der Waals surface area contributed by atoms with Crippen LogP contribution in [0.4, 0.5) is 20.6 Å². The molecule has 10 heteroatoms. The Morgan fingerprint density at radius 2 is 2.26 bits per heavy atom. The number of hydrogen-bond acceptors (Lipinski definition) is 5. The number of nitrogens with zero attached hydrogens (tertiary/aromatic N) is 3. The Kier molecular flexibility index (Phi) is 5.20. The van der Waals surface area contributed by atoms with E-state index in [0.29, 0.717) is 47.8 Å². The van der Waals surface area contributed by atoms with Gasteiger partial charge in [0.25, 0.3) is 0 Å². The fraction of sp³-hybridized carbons (Fsp3) is 0.524. The zero-order valence-corrected chi connectivity index (χ0v) is 17.9. The maximum atomic E-state index is 14.2. The van der Waals surface area contributed by atoms with Crippen LogP contribution < -0.4 is 16.8 Å². The van der Waals surface area contributed by atoms with E-state index in [-0.39, 0.29) is 24.2 Å². The highest BCUT2D eigenvalue weighted by molar-refractivity contribution is 5.94. The maximum Gasteiger partial charge on any atom is 0.322 e. The van der Waals surface area contributed by atoms with E-state index >= 15 is 0 Å². The number of nitrogen functional groups attached to an aromatic ring is 1. The number of piperidine rings is 1. The highest BCUT2D eigenvalue weighted by Crippen LogP contribution is 2.48. The summed E-state index contributed by atoms with van der Waals surface area (Å²) in [7, 11) is 0. The highest BCUT2D eigenvalue weighted by atomic mass is 19.1. The van der Waals surface area contributed by atoms with Crippen molar-refractivity contribution in [2.24, 2.45) is 5.73 Å². The van der Waals surface area contributed by atoms with E-state index < -0.39 is 5.67 Å². The predicted molar refractivity (Wildman–Crippen MR) is 118 cm³/mol. The Labute approximate surface area is 180 Å². The number of alkyl halides is 1. The lowest BCUT2D eigenvalue weighted by atomic mass is 9.98. The van der Waals surface area contributed by atoms with E-state index in [0.717, 1.165) is 12.8 Å². The largest absolute Gasteiger partial charge is 0.397 e. The average molecular weight is 432 g/mol. The predicted octanol–water partition coefficient (Wildman–Crippen LogP) is 2.52. The Morgan fingerprint density at radius 3 is 2.94 bits per heavy atom.